The molecule has 0 aliphatic carbocycles. The third-order valence-electron chi connectivity index (χ3n) is 7.17. The number of hydrogen-bond donors (Lipinski definition) is 1. The van der Waals surface area contributed by atoms with E-state index in [1.807, 2.05) is 36.4 Å². The molecule has 7 heteroatoms. The smallest absolute Gasteiger partial charge is 0.417 e. The van der Waals surface area contributed by atoms with Gasteiger partial charge >= 0.3 is 6.09 Å². The molecule has 1 N–H and O–H groups in total. The van der Waals surface area contributed by atoms with Gasteiger partial charge in [-0.05, 0) is 48.9 Å². The number of unbranched alkanes of at least 4 members (excludes halogenated alkanes) is 1. The van der Waals surface area contributed by atoms with E-state index in [1.54, 1.807) is 40.2 Å². The number of allylic oxidation sites excluding steroid dienone is 1. The monoisotopic (exact) mass is 509 g/mol. The van der Waals surface area contributed by atoms with Crippen LogP contribution >= 0.6 is 0 Å². The fraction of sp³-hybridized carbons (Fsp3) is 0.467. The molecule has 3 rings (SSSR count). The fourth-order valence-electron chi connectivity index (χ4n) is 5.05. The molecule has 200 valence electrons. The maximum absolute atomic E-state index is 13.4. The van der Waals surface area contributed by atoms with Crippen LogP contribution in [0.3, 0.4) is 0 Å². The summed E-state index contributed by atoms with van der Waals surface area (Å²) in [5, 5.41) is 11.3. The predicted molar refractivity (Wildman–Crippen MR) is 143 cm³/mol. The highest BCUT2D eigenvalue weighted by Gasteiger charge is 2.45. The molecule has 1 heterocycles. The van der Waals surface area contributed by atoms with Crippen molar-refractivity contribution in [3.63, 3.8) is 0 Å². The first-order valence-corrected chi connectivity index (χ1v) is 12.9. The van der Waals surface area contributed by atoms with Gasteiger partial charge in [-0.15, -0.1) is 6.58 Å². The highest BCUT2D eigenvalue weighted by atomic mass is 16.6. The highest BCUT2D eigenvalue weighted by Crippen LogP contribution is 2.43. The lowest BCUT2D eigenvalue weighted by Gasteiger charge is -2.27. The molecule has 0 unspecified atom stereocenters. The summed E-state index contributed by atoms with van der Waals surface area (Å²) >= 11 is 0. The quantitative estimate of drug-likeness (QED) is 0.337. The Bertz CT molecular complexity index is 1060. The van der Waals surface area contributed by atoms with Crippen molar-refractivity contribution in [1.82, 2.24) is 4.90 Å². The Kier molecular flexibility index (Phi) is 9.75. The number of benzene rings is 2. The van der Waals surface area contributed by atoms with Gasteiger partial charge in [0.2, 0.25) is 5.91 Å². The Labute approximate surface area is 220 Å². The maximum atomic E-state index is 13.4. The molecule has 2 amide bonds. The number of imide groups is 1. The molecule has 7 nitrogen and oxygen atoms in total. The van der Waals surface area contributed by atoms with Crippen LogP contribution < -0.4 is 9.47 Å². The van der Waals surface area contributed by atoms with Crippen LogP contribution in [0.5, 0.6) is 11.5 Å². The lowest BCUT2D eigenvalue weighted by atomic mass is 9.86. The number of carbonyl (C=O) groups excluding carboxylic acids is 2. The number of rotatable bonds is 12. The molecule has 37 heavy (non-hydrogen) atoms. The van der Waals surface area contributed by atoms with Gasteiger partial charge in [-0.3, -0.25) is 4.79 Å². The summed E-state index contributed by atoms with van der Waals surface area (Å²) < 4.78 is 17.0. The van der Waals surface area contributed by atoms with Crippen molar-refractivity contribution in [3.05, 3.63) is 71.8 Å². The van der Waals surface area contributed by atoms with Crippen molar-refractivity contribution in [2.45, 2.75) is 70.6 Å². The van der Waals surface area contributed by atoms with Crippen LogP contribution in [0, 0.1) is 5.92 Å². The Hall–Kier alpha value is -3.32. The van der Waals surface area contributed by atoms with Gasteiger partial charge in [0, 0.05) is 5.56 Å². The number of amides is 2. The summed E-state index contributed by atoms with van der Waals surface area (Å²) in [6, 6.07) is 12.3. The largest absolute Gasteiger partial charge is 0.496 e. The van der Waals surface area contributed by atoms with Crippen LogP contribution in [0.15, 0.2) is 55.1 Å². The van der Waals surface area contributed by atoms with Crippen LogP contribution in [0.1, 0.15) is 81.3 Å². The van der Waals surface area contributed by atoms with E-state index < -0.39 is 36.2 Å². The first-order valence-electron chi connectivity index (χ1n) is 12.9. The van der Waals surface area contributed by atoms with E-state index in [4.69, 9.17) is 14.2 Å². The number of cyclic esters (lactones) is 1. The van der Waals surface area contributed by atoms with E-state index in [0.717, 1.165) is 41.7 Å². The fourth-order valence-corrected chi connectivity index (χ4v) is 5.05. The van der Waals surface area contributed by atoms with E-state index in [1.165, 1.54) is 0 Å². The first-order chi connectivity index (χ1) is 17.8. The molecular formula is C30H39NO6. The van der Waals surface area contributed by atoms with E-state index in [2.05, 4.69) is 13.5 Å². The van der Waals surface area contributed by atoms with Gasteiger partial charge in [0.05, 0.1) is 32.3 Å². The molecule has 2 aromatic carbocycles. The molecule has 0 saturated carbocycles. The summed E-state index contributed by atoms with van der Waals surface area (Å²) in [7, 11) is 3.17. The second-order valence-electron chi connectivity index (χ2n) is 9.60. The van der Waals surface area contributed by atoms with Crippen LogP contribution in [0.4, 0.5) is 4.79 Å². The molecule has 2 aromatic rings. The Morgan fingerprint density at radius 2 is 1.81 bits per heavy atom. The molecule has 1 saturated heterocycles. The summed E-state index contributed by atoms with van der Waals surface area (Å²) in [4.78, 5) is 27.2. The third kappa shape index (κ3) is 5.99. The molecule has 0 radical (unpaired) electrons. The SMILES string of the molecule is C=CC[C@H](CCCC)c1c(OC)cc([C@H](O)[C@@H](C)C(=O)N2C(=O)O[C@@H](c3ccccc3)[C@H]2C)cc1OC. The second-order valence-corrected chi connectivity index (χ2v) is 9.60. The van der Waals surface area contributed by atoms with E-state index >= 15 is 0 Å². The van der Waals surface area contributed by atoms with E-state index in [0.29, 0.717) is 17.1 Å². The summed E-state index contributed by atoms with van der Waals surface area (Å²) in [5.41, 5.74) is 2.22. The zero-order valence-corrected chi connectivity index (χ0v) is 22.5. The van der Waals surface area contributed by atoms with Crippen molar-refractivity contribution in [2.24, 2.45) is 5.92 Å². The number of ether oxygens (including phenoxy) is 3. The first kappa shape index (κ1) is 28.3. The molecule has 1 fully saturated rings. The molecule has 0 spiro atoms. The molecule has 1 aliphatic heterocycles. The lowest BCUT2D eigenvalue weighted by Crippen LogP contribution is -2.42. The lowest BCUT2D eigenvalue weighted by molar-refractivity contribution is -0.136. The minimum atomic E-state index is -1.19. The summed E-state index contributed by atoms with van der Waals surface area (Å²) in [6.45, 7) is 9.44. The molecule has 0 aromatic heterocycles. The second kappa shape index (κ2) is 12.8. The van der Waals surface area contributed by atoms with Crippen LogP contribution in [0.2, 0.25) is 0 Å². The predicted octanol–water partition coefficient (Wildman–Crippen LogP) is 6.33. The average molecular weight is 510 g/mol. The number of methoxy groups -OCH3 is 2. The Balaban J connectivity index is 1.88. The molecular weight excluding hydrogens is 470 g/mol. The van der Waals surface area contributed by atoms with Gasteiger partial charge in [-0.1, -0.05) is 63.1 Å². The van der Waals surface area contributed by atoms with Crippen molar-refractivity contribution in [1.29, 1.82) is 0 Å². The third-order valence-corrected chi connectivity index (χ3v) is 7.17. The van der Waals surface area contributed by atoms with Gasteiger partial charge in [0.25, 0.3) is 0 Å². The number of nitrogens with zero attached hydrogens (tertiary/aromatic N) is 1. The number of aliphatic hydroxyl groups is 1. The standard InChI is InChI=1S/C30H39NO6/c1-7-9-14-21(13-8-2)26-24(35-5)17-23(18-25(26)36-6)27(32)19(3)29(33)31-20(4)28(37-30(31)34)22-15-11-10-12-16-22/h8,10-12,15-21,27-28,32H,2,7,9,13-14H2,1,3-6H3/t19-,20-,21-,27-,28-/m1/s1. The highest BCUT2D eigenvalue weighted by molar-refractivity contribution is 5.95. The molecule has 0 bridgehead atoms. The van der Waals surface area contributed by atoms with Gasteiger partial charge < -0.3 is 19.3 Å². The van der Waals surface area contributed by atoms with Crippen LogP contribution in [0.25, 0.3) is 0 Å². The zero-order valence-electron chi connectivity index (χ0n) is 22.5. The minimum absolute atomic E-state index is 0.155. The number of aliphatic hydroxyl groups excluding tert-OH is 1. The Morgan fingerprint density at radius 3 is 2.35 bits per heavy atom. The van der Waals surface area contributed by atoms with Crippen molar-refractivity contribution in [2.75, 3.05) is 14.2 Å². The number of hydrogen-bond acceptors (Lipinski definition) is 6. The van der Waals surface area contributed by atoms with Crippen molar-refractivity contribution < 1.29 is 28.9 Å². The zero-order chi connectivity index (χ0) is 27.1. The minimum Gasteiger partial charge on any atom is -0.496 e. The van der Waals surface area contributed by atoms with Gasteiger partial charge in [0.1, 0.15) is 17.6 Å². The normalized spacial score (nSPS) is 19.6. The van der Waals surface area contributed by atoms with Gasteiger partial charge in [-0.25, -0.2) is 9.69 Å². The van der Waals surface area contributed by atoms with Crippen LogP contribution in [-0.2, 0) is 9.53 Å². The van der Waals surface area contributed by atoms with Gasteiger partial charge in [0.15, 0.2) is 0 Å². The summed E-state index contributed by atoms with van der Waals surface area (Å²) in [5.74, 6) is -0.0716. The van der Waals surface area contributed by atoms with Crippen molar-refractivity contribution in [3.8, 4) is 11.5 Å². The number of carbonyl (C=O) groups is 2. The van der Waals surface area contributed by atoms with Crippen molar-refractivity contribution >= 4 is 12.0 Å². The van der Waals surface area contributed by atoms with E-state index in [-0.39, 0.29) is 5.92 Å². The molecule has 5 atom stereocenters. The van der Waals surface area contributed by atoms with Gasteiger partial charge in [-0.2, -0.15) is 0 Å². The Morgan fingerprint density at radius 1 is 1.19 bits per heavy atom. The average Bonchev–Trinajstić information content (AvgIpc) is 3.22. The van der Waals surface area contributed by atoms with Crippen LogP contribution in [-0.4, -0.2) is 42.3 Å². The molecule has 1 aliphatic rings. The topological polar surface area (TPSA) is 85.3 Å². The summed E-state index contributed by atoms with van der Waals surface area (Å²) in [6.07, 6.45) is 3.26. The van der Waals surface area contributed by atoms with E-state index in [9.17, 15) is 14.7 Å². The maximum Gasteiger partial charge on any atom is 0.417 e.